The van der Waals surface area contributed by atoms with Crippen LogP contribution in [0.15, 0.2) is 48.5 Å². The van der Waals surface area contributed by atoms with E-state index in [-0.39, 0.29) is 12.3 Å². The highest BCUT2D eigenvalue weighted by molar-refractivity contribution is 7.11. The van der Waals surface area contributed by atoms with E-state index >= 15 is 0 Å². The molecule has 170 valence electrons. The van der Waals surface area contributed by atoms with Crippen molar-refractivity contribution in [3.63, 3.8) is 0 Å². The van der Waals surface area contributed by atoms with Crippen LogP contribution in [0.25, 0.3) is 0 Å². The Morgan fingerprint density at radius 3 is 2.19 bits per heavy atom. The van der Waals surface area contributed by atoms with Gasteiger partial charge in [0.1, 0.15) is 16.5 Å². The molecule has 0 saturated heterocycles. The summed E-state index contributed by atoms with van der Waals surface area (Å²) in [5.74, 6) is 0.674. The molecule has 0 aliphatic carbocycles. The Morgan fingerprint density at radius 2 is 1.69 bits per heavy atom. The molecular weight excluding hydrogens is 461 g/mol. The van der Waals surface area contributed by atoms with Gasteiger partial charge in [-0.15, -0.1) is 0 Å². The highest BCUT2D eigenvalue weighted by atomic mass is 35.5. The first-order chi connectivity index (χ1) is 15.2. The average molecular weight is 483 g/mol. The Hall–Kier alpha value is -2.58. The minimum atomic E-state index is -4.39. The van der Waals surface area contributed by atoms with Crippen molar-refractivity contribution in [3.8, 4) is 11.5 Å². The van der Waals surface area contributed by atoms with Crippen LogP contribution in [0, 0.1) is 6.92 Å². The van der Waals surface area contributed by atoms with E-state index < -0.39 is 11.7 Å². The van der Waals surface area contributed by atoms with E-state index in [0.717, 1.165) is 30.5 Å². The van der Waals surface area contributed by atoms with Crippen molar-refractivity contribution in [1.29, 1.82) is 0 Å². The monoisotopic (exact) mass is 482 g/mol. The molecule has 1 heterocycles. The van der Waals surface area contributed by atoms with Gasteiger partial charge in [0.15, 0.2) is 0 Å². The molecule has 1 aromatic heterocycles. The maximum atomic E-state index is 13.0. The zero-order chi connectivity index (χ0) is 23.3. The quantitative estimate of drug-likeness (QED) is 0.338. The van der Waals surface area contributed by atoms with Gasteiger partial charge in [0.05, 0.1) is 22.7 Å². The summed E-state index contributed by atoms with van der Waals surface area (Å²) in [5.41, 5.74) is 0.752. The van der Waals surface area contributed by atoms with E-state index in [4.69, 9.17) is 16.3 Å². The smallest absolute Gasteiger partial charge is 0.416 e. The van der Waals surface area contributed by atoms with E-state index in [2.05, 4.69) is 11.3 Å². The fraction of sp³-hybridized carbons (Fsp3) is 0.304. The minimum Gasteiger partial charge on any atom is -0.457 e. The number of aryl methyl sites for hydroxylation is 1. The van der Waals surface area contributed by atoms with Crippen molar-refractivity contribution in [2.45, 2.75) is 39.3 Å². The first-order valence-electron chi connectivity index (χ1n) is 10.0. The highest BCUT2D eigenvalue weighted by Gasteiger charge is 2.30. The molecule has 4 nitrogen and oxygen atoms in total. The fourth-order valence-corrected chi connectivity index (χ4v) is 4.10. The van der Waals surface area contributed by atoms with Crippen LogP contribution in [-0.2, 0) is 17.4 Å². The van der Waals surface area contributed by atoms with Crippen LogP contribution in [0.2, 0.25) is 5.02 Å². The molecule has 0 unspecified atom stereocenters. The SMILES string of the molecule is CCCCN(C(=O)Cc1ccc(Oc2ccc(C(F)(F)F)cc2)cc1)c1snc(C)c1Cl. The number of unbranched alkanes of at least 4 members (excludes halogenated alkanes) is 1. The molecule has 0 aliphatic heterocycles. The van der Waals surface area contributed by atoms with Crippen LogP contribution in [-0.4, -0.2) is 16.8 Å². The Labute approximate surface area is 193 Å². The maximum absolute atomic E-state index is 13.0. The number of benzene rings is 2. The second kappa shape index (κ2) is 10.4. The molecular formula is C23H22ClF3N2O2S. The molecule has 3 aromatic rings. The minimum absolute atomic E-state index is 0.0830. The lowest BCUT2D eigenvalue weighted by Gasteiger charge is -2.21. The van der Waals surface area contributed by atoms with Crippen molar-refractivity contribution in [2.24, 2.45) is 0 Å². The third-order valence-corrected chi connectivity index (χ3v) is 6.28. The zero-order valence-electron chi connectivity index (χ0n) is 17.6. The fourth-order valence-electron chi connectivity index (χ4n) is 2.96. The molecule has 2 aromatic carbocycles. The molecule has 3 rings (SSSR count). The number of carbonyl (C=O) groups excluding carboxylic acids is 1. The molecule has 0 fully saturated rings. The van der Waals surface area contributed by atoms with Crippen molar-refractivity contribution in [2.75, 3.05) is 11.4 Å². The standard InChI is InChI=1S/C23H22ClF3N2O2S/c1-3-4-13-29(22-21(24)15(2)28-32-22)20(30)14-16-5-9-18(10-6-16)31-19-11-7-17(8-12-19)23(25,26)27/h5-12H,3-4,13-14H2,1-2H3. The molecule has 0 atom stereocenters. The van der Waals surface area contributed by atoms with Crippen LogP contribution < -0.4 is 9.64 Å². The number of alkyl halides is 3. The molecule has 0 saturated carbocycles. The van der Waals surface area contributed by atoms with Gasteiger partial charge in [-0.25, -0.2) is 0 Å². The number of rotatable bonds is 8. The molecule has 32 heavy (non-hydrogen) atoms. The van der Waals surface area contributed by atoms with E-state index in [1.54, 1.807) is 36.1 Å². The highest BCUT2D eigenvalue weighted by Crippen LogP contribution is 2.34. The van der Waals surface area contributed by atoms with Crippen LogP contribution in [0.1, 0.15) is 36.6 Å². The largest absolute Gasteiger partial charge is 0.457 e. The van der Waals surface area contributed by atoms with Crippen molar-refractivity contribution < 1.29 is 22.7 Å². The third kappa shape index (κ3) is 6.01. The maximum Gasteiger partial charge on any atom is 0.416 e. The van der Waals surface area contributed by atoms with Crippen LogP contribution in [0.5, 0.6) is 11.5 Å². The van der Waals surface area contributed by atoms with Gasteiger partial charge in [-0.3, -0.25) is 4.79 Å². The van der Waals surface area contributed by atoms with E-state index in [0.29, 0.717) is 33.8 Å². The summed E-state index contributed by atoms with van der Waals surface area (Å²) in [5, 5.41) is 1.16. The molecule has 0 N–H and O–H groups in total. The molecule has 0 spiro atoms. The average Bonchev–Trinajstić information content (AvgIpc) is 3.08. The number of amides is 1. The zero-order valence-corrected chi connectivity index (χ0v) is 19.2. The van der Waals surface area contributed by atoms with Gasteiger partial charge in [0.2, 0.25) is 5.91 Å². The van der Waals surface area contributed by atoms with Gasteiger partial charge in [-0.05, 0) is 66.8 Å². The molecule has 1 amide bonds. The second-order valence-corrected chi connectivity index (χ2v) is 8.36. The predicted molar refractivity (Wildman–Crippen MR) is 121 cm³/mol. The number of carbonyl (C=O) groups is 1. The second-order valence-electron chi connectivity index (χ2n) is 7.23. The Balaban J connectivity index is 1.67. The number of ether oxygens (including phenoxy) is 1. The summed E-state index contributed by atoms with van der Waals surface area (Å²) in [6.45, 7) is 4.42. The topological polar surface area (TPSA) is 42.4 Å². The van der Waals surface area contributed by atoms with Gasteiger partial charge in [0, 0.05) is 6.54 Å². The number of aromatic nitrogens is 1. The Kier molecular flexibility index (Phi) is 7.79. The number of hydrogen-bond acceptors (Lipinski definition) is 4. The van der Waals surface area contributed by atoms with E-state index in [1.807, 2.05) is 0 Å². The molecule has 0 radical (unpaired) electrons. The summed E-state index contributed by atoms with van der Waals surface area (Å²) < 4.78 is 47.9. The van der Waals surface area contributed by atoms with Crippen molar-refractivity contribution in [3.05, 3.63) is 70.4 Å². The summed E-state index contributed by atoms with van der Waals surface area (Å²) in [4.78, 5) is 14.7. The first-order valence-corrected chi connectivity index (χ1v) is 11.2. The molecule has 0 bridgehead atoms. The normalized spacial score (nSPS) is 11.4. The molecule has 0 aliphatic rings. The summed E-state index contributed by atoms with van der Waals surface area (Å²) in [6, 6.07) is 11.4. The van der Waals surface area contributed by atoms with Crippen molar-refractivity contribution >= 4 is 34.0 Å². The predicted octanol–water partition coefficient (Wildman–Crippen LogP) is 7.29. The Morgan fingerprint density at radius 1 is 1.09 bits per heavy atom. The Bertz CT molecular complexity index is 1050. The lowest BCUT2D eigenvalue weighted by molar-refractivity contribution is -0.137. The summed E-state index contributed by atoms with van der Waals surface area (Å²) in [6.07, 6.45) is -2.43. The van der Waals surface area contributed by atoms with Crippen LogP contribution in [0.4, 0.5) is 18.2 Å². The van der Waals surface area contributed by atoms with Crippen molar-refractivity contribution in [1.82, 2.24) is 4.37 Å². The van der Waals surface area contributed by atoms with Crippen LogP contribution in [0.3, 0.4) is 0 Å². The number of nitrogens with zero attached hydrogens (tertiary/aromatic N) is 2. The van der Waals surface area contributed by atoms with Gasteiger partial charge in [-0.1, -0.05) is 37.1 Å². The van der Waals surface area contributed by atoms with E-state index in [9.17, 15) is 18.0 Å². The van der Waals surface area contributed by atoms with Gasteiger partial charge in [-0.2, -0.15) is 17.5 Å². The lowest BCUT2D eigenvalue weighted by atomic mass is 10.1. The van der Waals surface area contributed by atoms with Gasteiger partial charge in [0.25, 0.3) is 0 Å². The van der Waals surface area contributed by atoms with Gasteiger partial charge < -0.3 is 9.64 Å². The first kappa shape index (κ1) is 24.1. The summed E-state index contributed by atoms with van der Waals surface area (Å²) >= 11 is 7.55. The van der Waals surface area contributed by atoms with Crippen LogP contribution >= 0.6 is 23.1 Å². The third-order valence-electron chi connectivity index (χ3n) is 4.75. The van der Waals surface area contributed by atoms with E-state index in [1.165, 1.54) is 23.7 Å². The lowest BCUT2D eigenvalue weighted by Crippen LogP contribution is -2.32. The van der Waals surface area contributed by atoms with Gasteiger partial charge >= 0.3 is 6.18 Å². The number of hydrogen-bond donors (Lipinski definition) is 0. The number of halogens is 4. The summed E-state index contributed by atoms with van der Waals surface area (Å²) in [7, 11) is 0. The molecule has 9 heteroatoms. The number of anilines is 1.